The van der Waals surface area contributed by atoms with Crippen molar-refractivity contribution in [2.75, 3.05) is 19.6 Å². The van der Waals surface area contributed by atoms with Crippen LogP contribution in [0.25, 0.3) is 0 Å². The smallest absolute Gasteiger partial charge is 0.236 e. The zero-order chi connectivity index (χ0) is 12.2. The number of hydrogen-bond donors (Lipinski definition) is 1. The van der Waals surface area contributed by atoms with Gasteiger partial charge in [0.2, 0.25) is 5.91 Å². The summed E-state index contributed by atoms with van der Waals surface area (Å²) in [7, 11) is 0. The van der Waals surface area contributed by atoms with Crippen LogP contribution >= 0.6 is 15.9 Å². The predicted molar refractivity (Wildman–Crippen MR) is 70.9 cm³/mol. The van der Waals surface area contributed by atoms with E-state index in [2.05, 4.69) is 33.1 Å². The molecular formula is C12H23BrN2O. The van der Waals surface area contributed by atoms with Crippen LogP contribution in [0.1, 0.15) is 40.0 Å². The van der Waals surface area contributed by atoms with Crippen LogP contribution in [0, 0.1) is 0 Å². The maximum atomic E-state index is 11.8. The largest absolute Gasteiger partial charge is 0.352 e. The first-order valence-electron chi connectivity index (χ1n) is 6.15. The van der Waals surface area contributed by atoms with E-state index in [0.29, 0.717) is 6.04 Å². The van der Waals surface area contributed by atoms with Gasteiger partial charge in [0, 0.05) is 19.1 Å². The quantitative estimate of drug-likeness (QED) is 0.805. The van der Waals surface area contributed by atoms with E-state index in [1.54, 1.807) is 0 Å². The van der Waals surface area contributed by atoms with Gasteiger partial charge in [-0.3, -0.25) is 4.79 Å². The van der Waals surface area contributed by atoms with E-state index in [-0.39, 0.29) is 5.91 Å². The van der Waals surface area contributed by atoms with Crippen LogP contribution in [0.3, 0.4) is 0 Å². The summed E-state index contributed by atoms with van der Waals surface area (Å²) < 4.78 is -0.451. The van der Waals surface area contributed by atoms with Crippen molar-refractivity contribution >= 4 is 21.8 Å². The minimum absolute atomic E-state index is 0.0986. The fourth-order valence-electron chi connectivity index (χ4n) is 1.97. The highest BCUT2D eigenvalue weighted by atomic mass is 79.9. The third-order valence-electron chi connectivity index (χ3n) is 3.00. The molecule has 0 saturated carbocycles. The van der Waals surface area contributed by atoms with Gasteiger partial charge in [-0.2, -0.15) is 0 Å². The second-order valence-electron chi connectivity index (χ2n) is 5.06. The van der Waals surface area contributed by atoms with Crippen molar-refractivity contribution in [1.82, 2.24) is 10.2 Å². The lowest BCUT2D eigenvalue weighted by molar-refractivity contribution is -0.123. The standard InChI is InChI=1S/C12H23BrN2O/c1-4-7-15-8-5-10(6-9-15)14-11(16)12(2,3)13/h10H,4-9H2,1-3H3,(H,14,16). The minimum Gasteiger partial charge on any atom is -0.352 e. The number of piperidine rings is 1. The van der Waals surface area contributed by atoms with Crippen molar-refractivity contribution < 1.29 is 4.79 Å². The maximum Gasteiger partial charge on any atom is 0.236 e. The number of carbonyl (C=O) groups is 1. The summed E-state index contributed by atoms with van der Waals surface area (Å²) in [6.07, 6.45) is 3.37. The molecular weight excluding hydrogens is 268 g/mol. The van der Waals surface area contributed by atoms with Crippen molar-refractivity contribution in [3.05, 3.63) is 0 Å². The molecule has 0 aliphatic carbocycles. The molecule has 0 aromatic rings. The molecule has 16 heavy (non-hydrogen) atoms. The highest BCUT2D eigenvalue weighted by molar-refractivity contribution is 9.10. The second-order valence-corrected chi connectivity index (χ2v) is 7.04. The van der Waals surface area contributed by atoms with E-state index in [1.165, 1.54) is 13.0 Å². The number of nitrogens with zero attached hydrogens (tertiary/aromatic N) is 1. The van der Waals surface area contributed by atoms with Gasteiger partial charge in [-0.25, -0.2) is 0 Å². The number of amides is 1. The summed E-state index contributed by atoms with van der Waals surface area (Å²) >= 11 is 3.39. The Morgan fingerprint density at radius 3 is 2.44 bits per heavy atom. The Bertz CT molecular complexity index is 230. The highest BCUT2D eigenvalue weighted by Gasteiger charge is 2.27. The molecule has 1 aliphatic heterocycles. The van der Waals surface area contributed by atoms with Crippen LogP contribution in [-0.4, -0.2) is 40.8 Å². The van der Waals surface area contributed by atoms with Crippen molar-refractivity contribution in [1.29, 1.82) is 0 Å². The summed E-state index contributed by atoms with van der Waals surface area (Å²) in [6.45, 7) is 9.39. The number of alkyl halides is 1. The number of nitrogens with one attached hydrogen (secondary N) is 1. The highest BCUT2D eigenvalue weighted by Crippen LogP contribution is 2.17. The van der Waals surface area contributed by atoms with Crippen LogP contribution < -0.4 is 5.32 Å². The first kappa shape index (κ1) is 14.0. The lowest BCUT2D eigenvalue weighted by Crippen LogP contribution is -2.48. The molecule has 0 unspecified atom stereocenters. The summed E-state index contributed by atoms with van der Waals surface area (Å²) in [5.74, 6) is 0.0986. The van der Waals surface area contributed by atoms with Gasteiger partial charge >= 0.3 is 0 Å². The number of carbonyl (C=O) groups excluding carboxylic acids is 1. The van der Waals surface area contributed by atoms with Crippen molar-refractivity contribution in [3.63, 3.8) is 0 Å². The molecule has 3 nitrogen and oxygen atoms in total. The Labute approximate surface area is 107 Å². The first-order valence-corrected chi connectivity index (χ1v) is 6.95. The van der Waals surface area contributed by atoms with Gasteiger partial charge in [-0.15, -0.1) is 0 Å². The Kier molecular flexibility index (Phi) is 5.25. The Morgan fingerprint density at radius 2 is 2.00 bits per heavy atom. The normalized spacial score (nSPS) is 19.8. The maximum absolute atomic E-state index is 11.8. The van der Waals surface area contributed by atoms with Gasteiger partial charge in [0.15, 0.2) is 0 Å². The number of halogens is 1. The fourth-order valence-corrected chi connectivity index (χ4v) is 2.09. The molecule has 1 aliphatic rings. The molecule has 0 spiro atoms. The van der Waals surface area contributed by atoms with E-state index in [4.69, 9.17) is 0 Å². The van der Waals surface area contributed by atoms with Gasteiger partial charge in [-0.05, 0) is 39.7 Å². The second kappa shape index (κ2) is 6.01. The zero-order valence-corrected chi connectivity index (χ0v) is 12.1. The third-order valence-corrected chi connectivity index (χ3v) is 3.36. The molecule has 0 atom stereocenters. The van der Waals surface area contributed by atoms with Gasteiger partial charge in [0.25, 0.3) is 0 Å². The molecule has 1 rings (SSSR count). The molecule has 1 N–H and O–H groups in total. The van der Waals surface area contributed by atoms with Gasteiger partial charge < -0.3 is 10.2 Å². The predicted octanol–water partition coefficient (Wildman–Crippen LogP) is 2.15. The van der Waals surface area contributed by atoms with E-state index in [9.17, 15) is 4.79 Å². The van der Waals surface area contributed by atoms with Gasteiger partial charge in [0.05, 0.1) is 4.32 Å². The number of rotatable bonds is 4. The van der Waals surface area contributed by atoms with Gasteiger partial charge in [-0.1, -0.05) is 22.9 Å². The Hall–Kier alpha value is -0.0900. The first-order chi connectivity index (χ1) is 7.43. The molecule has 0 radical (unpaired) electrons. The van der Waals surface area contributed by atoms with Crippen molar-refractivity contribution in [2.45, 2.75) is 50.4 Å². The zero-order valence-electron chi connectivity index (χ0n) is 10.6. The van der Waals surface area contributed by atoms with Crippen LogP contribution in [0.5, 0.6) is 0 Å². The van der Waals surface area contributed by atoms with E-state index in [1.807, 2.05) is 13.8 Å². The van der Waals surface area contributed by atoms with Crippen LogP contribution in [-0.2, 0) is 4.79 Å². The average molecular weight is 291 g/mol. The molecule has 0 aromatic heterocycles. The lowest BCUT2D eigenvalue weighted by Gasteiger charge is -2.33. The van der Waals surface area contributed by atoms with Crippen LogP contribution in [0.2, 0.25) is 0 Å². The Morgan fingerprint density at radius 1 is 1.44 bits per heavy atom. The number of likely N-dealkylation sites (tertiary alicyclic amines) is 1. The van der Waals surface area contributed by atoms with E-state index >= 15 is 0 Å². The molecule has 1 fully saturated rings. The van der Waals surface area contributed by atoms with Crippen LogP contribution in [0.15, 0.2) is 0 Å². The average Bonchev–Trinajstić information content (AvgIpc) is 2.20. The molecule has 0 bridgehead atoms. The molecule has 94 valence electrons. The SMILES string of the molecule is CCCN1CCC(NC(=O)C(C)(C)Br)CC1. The van der Waals surface area contributed by atoms with E-state index in [0.717, 1.165) is 25.9 Å². The summed E-state index contributed by atoms with van der Waals surface area (Å²) in [5, 5.41) is 3.11. The van der Waals surface area contributed by atoms with Crippen molar-refractivity contribution in [3.8, 4) is 0 Å². The number of hydrogen-bond acceptors (Lipinski definition) is 2. The fraction of sp³-hybridized carbons (Fsp3) is 0.917. The van der Waals surface area contributed by atoms with E-state index < -0.39 is 4.32 Å². The topological polar surface area (TPSA) is 32.3 Å². The minimum atomic E-state index is -0.451. The molecule has 4 heteroatoms. The molecule has 1 saturated heterocycles. The van der Waals surface area contributed by atoms with Crippen LogP contribution in [0.4, 0.5) is 0 Å². The third kappa shape index (κ3) is 4.42. The summed E-state index contributed by atoms with van der Waals surface area (Å²) in [6, 6.07) is 0.359. The summed E-state index contributed by atoms with van der Waals surface area (Å²) in [5.41, 5.74) is 0. The summed E-state index contributed by atoms with van der Waals surface area (Å²) in [4.78, 5) is 14.2. The van der Waals surface area contributed by atoms with Gasteiger partial charge in [0.1, 0.15) is 0 Å². The molecule has 1 heterocycles. The van der Waals surface area contributed by atoms with Crippen molar-refractivity contribution in [2.24, 2.45) is 0 Å². The molecule has 0 aromatic carbocycles. The monoisotopic (exact) mass is 290 g/mol. The molecule has 1 amide bonds. The Balaban J connectivity index is 2.30. The lowest BCUT2D eigenvalue weighted by atomic mass is 10.0.